The molecule has 2 aliphatic rings. The number of carbonyl (C=O) groups excluding carboxylic acids is 2. The fourth-order valence-electron chi connectivity index (χ4n) is 1.80. The van der Waals surface area contributed by atoms with Crippen molar-refractivity contribution < 1.29 is 14.3 Å². The molecule has 13 heavy (non-hydrogen) atoms. The first-order chi connectivity index (χ1) is 6.22. The van der Waals surface area contributed by atoms with Crippen LogP contribution in [0.3, 0.4) is 0 Å². The van der Waals surface area contributed by atoms with Gasteiger partial charge in [0.2, 0.25) is 5.91 Å². The maximum atomic E-state index is 11.1. The highest BCUT2D eigenvalue weighted by Gasteiger charge is 2.39. The molecular formula is C9H11NO3. The van der Waals surface area contributed by atoms with Crippen LogP contribution in [0.4, 0.5) is 0 Å². The highest BCUT2D eigenvalue weighted by atomic mass is 16.5. The van der Waals surface area contributed by atoms with Gasteiger partial charge in [-0.05, 0) is 0 Å². The molecule has 0 radical (unpaired) electrons. The Morgan fingerprint density at radius 2 is 2.38 bits per heavy atom. The van der Waals surface area contributed by atoms with Gasteiger partial charge in [0.25, 0.3) is 0 Å². The van der Waals surface area contributed by atoms with Crippen molar-refractivity contribution in [2.45, 2.75) is 18.9 Å². The number of hydrogen-bond donors (Lipinski definition) is 0. The Morgan fingerprint density at radius 1 is 1.62 bits per heavy atom. The highest BCUT2D eigenvalue weighted by Crippen LogP contribution is 2.29. The van der Waals surface area contributed by atoms with E-state index in [1.165, 1.54) is 7.11 Å². The summed E-state index contributed by atoms with van der Waals surface area (Å²) in [5.74, 6) is -0.0795. The normalized spacial score (nSPS) is 25.9. The van der Waals surface area contributed by atoms with E-state index < -0.39 is 0 Å². The molecule has 0 aliphatic carbocycles. The lowest BCUT2D eigenvalue weighted by Crippen LogP contribution is -2.54. The number of methoxy groups -OCH3 is 1. The van der Waals surface area contributed by atoms with E-state index in [9.17, 15) is 9.59 Å². The molecule has 0 spiro atoms. The topological polar surface area (TPSA) is 46.6 Å². The number of rotatable bonds is 1. The minimum atomic E-state index is -0.265. The minimum absolute atomic E-state index is 0.185. The predicted molar refractivity (Wildman–Crippen MR) is 44.8 cm³/mol. The van der Waals surface area contributed by atoms with Crippen molar-refractivity contribution in [2.24, 2.45) is 0 Å². The zero-order valence-corrected chi connectivity index (χ0v) is 7.45. The van der Waals surface area contributed by atoms with Gasteiger partial charge < -0.3 is 9.64 Å². The van der Waals surface area contributed by atoms with Gasteiger partial charge in [-0.2, -0.15) is 0 Å². The molecule has 2 rings (SSSR count). The number of β-lactam (4-membered cyclic amide) rings is 1. The zero-order chi connectivity index (χ0) is 9.42. The van der Waals surface area contributed by atoms with Crippen molar-refractivity contribution in [2.75, 3.05) is 13.7 Å². The third-order valence-corrected chi connectivity index (χ3v) is 2.61. The summed E-state index contributed by atoms with van der Waals surface area (Å²) in [5.41, 5.74) is 0.705. The lowest BCUT2D eigenvalue weighted by atomic mass is 9.90. The molecule has 2 aliphatic heterocycles. The second kappa shape index (κ2) is 2.87. The molecular weight excluding hydrogens is 170 g/mol. The molecule has 1 fully saturated rings. The molecule has 1 saturated heterocycles. The number of ether oxygens (including phenoxy) is 1. The Morgan fingerprint density at radius 3 is 2.92 bits per heavy atom. The van der Waals surface area contributed by atoms with Crippen LogP contribution >= 0.6 is 0 Å². The monoisotopic (exact) mass is 181 g/mol. The van der Waals surface area contributed by atoms with Crippen LogP contribution in [0, 0.1) is 0 Å². The standard InChI is InChI=1S/C9H11NO3/c1-13-9(12)6-2-3-10-7(4-6)5-8(10)11/h2,7H,3-5H2,1H3. The van der Waals surface area contributed by atoms with Gasteiger partial charge in [-0.15, -0.1) is 0 Å². The molecule has 0 aromatic rings. The molecule has 0 N–H and O–H groups in total. The summed E-state index contributed by atoms with van der Waals surface area (Å²) in [5, 5.41) is 0. The summed E-state index contributed by atoms with van der Waals surface area (Å²) in [4.78, 5) is 23.9. The average Bonchev–Trinajstić information content (AvgIpc) is 2.14. The van der Waals surface area contributed by atoms with Gasteiger partial charge in [0, 0.05) is 31.0 Å². The zero-order valence-electron chi connectivity index (χ0n) is 7.45. The van der Waals surface area contributed by atoms with Crippen LogP contribution in [0.25, 0.3) is 0 Å². The van der Waals surface area contributed by atoms with E-state index in [-0.39, 0.29) is 17.9 Å². The number of nitrogens with zero attached hydrogens (tertiary/aromatic N) is 1. The summed E-state index contributed by atoms with van der Waals surface area (Å²) < 4.78 is 4.61. The van der Waals surface area contributed by atoms with Crippen molar-refractivity contribution in [1.29, 1.82) is 0 Å². The molecule has 0 aromatic heterocycles. The van der Waals surface area contributed by atoms with Gasteiger partial charge >= 0.3 is 5.97 Å². The first kappa shape index (κ1) is 8.29. The molecule has 1 atom stereocenters. The van der Waals surface area contributed by atoms with Crippen LogP contribution in [-0.2, 0) is 14.3 Å². The van der Waals surface area contributed by atoms with Crippen LogP contribution in [0.5, 0.6) is 0 Å². The highest BCUT2D eigenvalue weighted by molar-refractivity contribution is 5.91. The van der Waals surface area contributed by atoms with Crippen LogP contribution in [0.2, 0.25) is 0 Å². The van der Waals surface area contributed by atoms with Gasteiger partial charge in [-0.25, -0.2) is 4.79 Å². The largest absolute Gasteiger partial charge is 0.466 e. The number of fused-ring (bicyclic) bond motifs is 1. The molecule has 0 saturated carbocycles. The van der Waals surface area contributed by atoms with Crippen LogP contribution in [-0.4, -0.2) is 36.5 Å². The quantitative estimate of drug-likeness (QED) is 0.425. The van der Waals surface area contributed by atoms with Crippen LogP contribution in [0.15, 0.2) is 11.6 Å². The van der Waals surface area contributed by atoms with E-state index in [0.29, 0.717) is 25.0 Å². The third kappa shape index (κ3) is 1.22. The van der Waals surface area contributed by atoms with Gasteiger partial charge in [-0.3, -0.25) is 4.79 Å². The molecule has 4 nitrogen and oxygen atoms in total. The second-order valence-corrected chi connectivity index (χ2v) is 3.33. The fraction of sp³-hybridized carbons (Fsp3) is 0.556. The molecule has 0 aromatic carbocycles. The number of esters is 1. The molecule has 70 valence electrons. The van der Waals surface area contributed by atoms with Crippen LogP contribution < -0.4 is 0 Å². The van der Waals surface area contributed by atoms with E-state index in [4.69, 9.17) is 0 Å². The summed E-state index contributed by atoms with van der Waals surface area (Å²) in [6, 6.07) is 0.242. The number of hydrogen-bond acceptors (Lipinski definition) is 3. The van der Waals surface area contributed by atoms with E-state index in [1.807, 2.05) is 0 Å². The van der Waals surface area contributed by atoms with E-state index >= 15 is 0 Å². The maximum Gasteiger partial charge on any atom is 0.333 e. The fourth-order valence-corrected chi connectivity index (χ4v) is 1.80. The van der Waals surface area contributed by atoms with Crippen molar-refractivity contribution >= 4 is 11.9 Å². The Kier molecular flexibility index (Phi) is 1.83. The van der Waals surface area contributed by atoms with Crippen molar-refractivity contribution in [3.8, 4) is 0 Å². The Bertz CT molecular complexity index is 295. The molecule has 1 unspecified atom stereocenters. The van der Waals surface area contributed by atoms with Crippen molar-refractivity contribution in [3.63, 3.8) is 0 Å². The lowest BCUT2D eigenvalue weighted by Gasteiger charge is -2.42. The van der Waals surface area contributed by atoms with Gasteiger partial charge in [0.15, 0.2) is 0 Å². The van der Waals surface area contributed by atoms with E-state index in [0.717, 1.165) is 0 Å². The van der Waals surface area contributed by atoms with E-state index in [2.05, 4.69) is 4.74 Å². The smallest absolute Gasteiger partial charge is 0.333 e. The van der Waals surface area contributed by atoms with Crippen molar-refractivity contribution in [3.05, 3.63) is 11.6 Å². The summed E-state index contributed by atoms with van der Waals surface area (Å²) in [6.45, 7) is 0.563. The molecule has 0 bridgehead atoms. The van der Waals surface area contributed by atoms with Crippen LogP contribution in [0.1, 0.15) is 12.8 Å². The summed E-state index contributed by atoms with van der Waals surface area (Å²) in [7, 11) is 1.38. The molecule has 2 heterocycles. The van der Waals surface area contributed by atoms with Crippen molar-refractivity contribution in [1.82, 2.24) is 4.90 Å². The van der Waals surface area contributed by atoms with E-state index in [1.54, 1.807) is 11.0 Å². The predicted octanol–water partition coefficient (Wildman–Crippen LogP) is 0.0904. The van der Waals surface area contributed by atoms with Gasteiger partial charge in [0.1, 0.15) is 0 Å². The lowest BCUT2D eigenvalue weighted by molar-refractivity contribution is -0.147. The Hall–Kier alpha value is -1.32. The second-order valence-electron chi connectivity index (χ2n) is 3.33. The minimum Gasteiger partial charge on any atom is -0.466 e. The number of amides is 1. The Balaban J connectivity index is 2.06. The first-order valence-corrected chi connectivity index (χ1v) is 4.29. The molecule has 1 amide bonds. The first-order valence-electron chi connectivity index (χ1n) is 4.29. The summed E-state index contributed by atoms with van der Waals surface area (Å²) >= 11 is 0. The maximum absolute atomic E-state index is 11.1. The molecule has 4 heteroatoms. The average molecular weight is 181 g/mol. The van der Waals surface area contributed by atoms with Gasteiger partial charge in [-0.1, -0.05) is 6.08 Å². The SMILES string of the molecule is COC(=O)C1=CCN2C(=O)CC2C1. The third-order valence-electron chi connectivity index (χ3n) is 2.61. The number of carbonyl (C=O) groups is 2. The summed E-state index contributed by atoms with van der Waals surface area (Å²) in [6.07, 6.45) is 3.01. The van der Waals surface area contributed by atoms with Gasteiger partial charge in [0.05, 0.1) is 7.11 Å². The Labute approximate surface area is 76.2 Å².